The molecule has 0 atom stereocenters. The molecule has 3 rings (SSSR count). The van der Waals surface area contributed by atoms with Gasteiger partial charge in [0.1, 0.15) is 5.01 Å². The van der Waals surface area contributed by atoms with Gasteiger partial charge in [-0.05, 0) is 32.8 Å². The summed E-state index contributed by atoms with van der Waals surface area (Å²) in [6.07, 6.45) is 4.61. The van der Waals surface area contributed by atoms with Crippen LogP contribution in [0.2, 0.25) is 0 Å². The number of aromatic nitrogens is 2. The van der Waals surface area contributed by atoms with Gasteiger partial charge in [-0.2, -0.15) is 0 Å². The third-order valence-corrected chi connectivity index (χ3v) is 4.39. The molecule has 0 aromatic carbocycles. The van der Waals surface area contributed by atoms with Crippen LogP contribution in [-0.4, -0.2) is 15.3 Å². The van der Waals surface area contributed by atoms with E-state index in [1.807, 2.05) is 12.3 Å². The van der Waals surface area contributed by atoms with Gasteiger partial charge in [-0.15, -0.1) is 11.3 Å². The number of rotatable bonds is 2. The maximum atomic E-state index is 11.9. The molecule has 0 aliphatic heterocycles. The summed E-state index contributed by atoms with van der Waals surface area (Å²) in [5.74, 6) is 0.299. The van der Waals surface area contributed by atoms with Crippen LogP contribution in [-0.2, 0) is 13.0 Å². The summed E-state index contributed by atoms with van der Waals surface area (Å²) < 4.78 is 2.25. The molecule has 0 saturated carbocycles. The molecule has 1 aliphatic rings. The van der Waals surface area contributed by atoms with E-state index >= 15 is 0 Å². The molecular weight excluding hydrogens is 244 g/mol. The lowest BCUT2D eigenvalue weighted by Gasteiger charge is -2.15. The Labute approximate surface area is 110 Å². The second kappa shape index (κ2) is 4.35. The molecule has 2 aromatic rings. The van der Waals surface area contributed by atoms with Crippen LogP contribution in [0.1, 0.15) is 44.5 Å². The Morgan fingerprint density at radius 2 is 2.22 bits per heavy atom. The van der Waals surface area contributed by atoms with Crippen molar-refractivity contribution in [1.82, 2.24) is 9.55 Å². The fraction of sp³-hybridized carbons (Fsp3) is 0.429. The van der Waals surface area contributed by atoms with E-state index in [9.17, 15) is 4.79 Å². The monoisotopic (exact) mass is 260 g/mol. The lowest BCUT2D eigenvalue weighted by molar-refractivity contribution is 0.0972. The van der Waals surface area contributed by atoms with Crippen LogP contribution in [0.3, 0.4) is 0 Å². The number of fused-ring (bicyclic) bond motifs is 1. The van der Waals surface area contributed by atoms with Crippen molar-refractivity contribution in [3.8, 4) is 0 Å². The molecule has 0 unspecified atom stereocenters. The summed E-state index contributed by atoms with van der Waals surface area (Å²) in [6.45, 7) is 4.95. The molecule has 18 heavy (non-hydrogen) atoms. The fourth-order valence-electron chi connectivity index (χ4n) is 2.62. The lowest BCUT2D eigenvalue weighted by Crippen LogP contribution is -2.14. The van der Waals surface area contributed by atoms with Gasteiger partial charge in [0.2, 0.25) is 0 Å². The van der Waals surface area contributed by atoms with Crippen molar-refractivity contribution in [2.75, 3.05) is 0 Å². The van der Waals surface area contributed by atoms with Crippen LogP contribution in [0.5, 0.6) is 0 Å². The van der Waals surface area contributed by atoms with Gasteiger partial charge >= 0.3 is 0 Å². The highest BCUT2D eigenvalue weighted by atomic mass is 32.1. The summed E-state index contributed by atoms with van der Waals surface area (Å²) in [5.41, 5.74) is 3.31. The van der Waals surface area contributed by atoms with Gasteiger partial charge < -0.3 is 4.57 Å². The Morgan fingerprint density at radius 3 is 2.94 bits per heavy atom. The molecule has 0 fully saturated rings. The molecule has 1 aliphatic carbocycles. The summed E-state index contributed by atoms with van der Waals surface area (Å²) in [7, 11) is 0. The number of Topliss-reactive ketones (excluding diaryl/α,β-unsaturated/α-hetero) is 1. The topological polar surface area (TPSA) is 34.9 Å². The maximum absolute atomic E-state index is 11.9. The number of aryl methyl sites for hydroxylation is 2. The first kappa shape index (κ1) is 11.7. The molecule has 0 amide bonds. The molecule has 2 aromatic heterocycles. The minimum Gasteiger partial charge on any atom is -0.341 e. The molecular formula is C14H16N2OS. The van der Waals surface area contributed by atoms with Gasteiger partial charge in [0, 0.05) is 34.4 Å². The van der Waals surface area contributed by atoms with E-state index in [0.717, 1.165) is 30.0 Å². The molecule has 94 valence electrons. The second-order valence-corrected chi connectivity index (χ2v) is 6.19. The van der Waals surface area contributed by atoms with E-state index in [4.69, 9.17) is 0 Å². The van der Waals surface area contributed by atoms with Crippen LogP contribution in [0.4, 0.5) is 0 Å². The minimum absolute atomic E-state index is 0.299. The lowest BCUT2D eigenvalue weighted by atomic mass is 9.97. The summed E-state index contributed by atoms with van der Waals surface area (Å²) >= 11 is 1.73. The van der Waals surface area contributed by atoms with Gasteiger partial charge in [0.25, 0.3) is 0 Å². The van der Waals surface area contributed by atoms with E-state index < -0.39 is 0 Å². The van der Waals surface area contributed by atoms with Gasteiger partial charge in [-0.3, -0.25) is 4.79 Å². The Hall–Kier alpha value is -1.42. The molecule has 0 N–H and O–H groups in total. The zero-order valence-corrected chi connectivity index (χ0v) is 11.5. The Morgan fingerprint density at radius 1 is 1.39 bits per heavy atom. The average Bonchev–Trinajstić information content (AvgIpc) is 2.87. The van der Waals surface area contributed by atoms with Crippen molar-refractivity contribution in [3.05, 3.63) is 39.1 Å². The van der Waals surface area contributed by atoms with Crippen LogP contribution >= 0.6 is 11.3 Å². The smallest absolute Gasteiger partial charge is 0.164 e. The number of hydrogen-bond acceptors (Lipinski definition) is 3. The molecule has 3 nitrogen and oxygen atoms in total. The number of carbonyl (C=O) groups excluding carboxylic acids is 1. The van der Waals surface area contributed by atoms with Crippen LogP contribution in [0.25, 0.3) is 0 Å². The average molecular weight is 260 g/mol. The van der Waals surface area contributed by atoms with Gasteiger partial charge in [-0.25, -0.2) is 4.98 Å². The molecule has 4 heteroatoms. The van der Waals surface area contributed by atoms with Crippen molar-refractivity contribution in [2.45, 2.75) is 39.7 Å². The van der Waals surface area contributed by atoms with Gasteiger partial charge in [0.15, 0.2) is 5.78 Å². The highest BCUT2D eigenvalue weighted by Gasteiger charge is 2.22. The van der Waals surface area contributed by atoms with Gasteiger partial charge in [0.05, 0.1) is 6.54 Å². The summed E-state index contributed by atoms with van der Waals surface area (Å²) in [6, 6.07) is 2.04. The quantitative estimate of drug-likeness (QED) is 0.831. The van der Waals surface area contributed by atoms with E-state index in [-0.39, 0.29) is 0 Å². The summed E-state index contributed by atoms with van der Waals surface area (Å²) in [5, 5.41) is 1.12. The van der Waals surface area contributed by atoms with Crippen LogP contribution in [0.15, 0.2) is 12.3 Å². The third kappa shape index (κ3) is 1.90. The zero-order chi connectivity index (χ0) is 12.7. The standard InChI is InChI=1S/C14H16N2OS/c1-9-6-11-12(4-3-5-13(11)17)16(9)8-14-15-7-10(2)18-14/h6-7H,3-5,8H2,1-2H3. The largest absolute Gasteiger partial charge is 0.341 e. The van der Waals surface area contributed by atoms with Crippen molar-refractivity contribution < 1.29 is 4.79 Å². The van der Waals surface area contributed by atoms with E-state index in [1.165, 1.54) is 16.3 Å². The zero-order valence-electron chi connectivity index (χ0n) is 10.7. The third-order valence-electron chi connectivity index (χ3n) is 3.50. The normalized spacial score (nSPS) is 14.9. The van der Waals surface area contributed by atoms with Crippen LogP contribution < -0.4 is 0 Å². The fourth-order valence-corrected chi connectivity index (χ4v) is 3.40. The Balaban J connectivity index is 1.99. The van der Waals surface area contributed by atoms with Crippen molar-refractivity contribution in [1.29, 1.82) is 0 Å². The predicted molar refractivity (Wildman–Crippen MR) is 72.4 cm³/mol. The first-order valence-electron chi connectivity index (χ1n) is 6.28. The number of carbonyl (C=O) groups is 1. The second-order valence-electron chi connectivity index (χ2n) is 4.87. The minimum atomic E-state index is 0.299. The molecule has 0 radical (unpaired) electrons. The number of hydrogen-bond donors (Lipinski definition) is 0. The first-order valence-corrected chi connectivity index (χ1v) is 7.10. The molecule has 0 bridgehead atoms. The van der Waals surface area contributed by atoms with Crippen LogP contribution in [0, 0.1) is 13.8 Å². The molecule has 0 spiro atoms. The Bertz CT molecular complexity index is 609. The van der Waals surface area contributed by atoms with Crippen molar-refractivity contribution in [3.63, 3.8) is 0 Å². The van der Waals surface area contributed by atoms with Gasteiger partial charge in [-0.1, -0.05) is 0 Å². The van der Waals surface area contributed by atoms with E-state index in [0.29, 0.717) is 12.2 Å². The molecule has 0 saturated heterocycles. The predicted octanol–water partition coefficient (Wildman–Crippen LogP) is 3.13. The first-order chi connectivity index (χ1) is 8.65. The van der Waals surface area contributed by atoms with Crippen molar-refractivity contribution in [2.24, 2.45) is 0 Å². The number of thiazole rings is 1. The highest BCUT2D eigenvalue weighted by molar-refractivity contribution is 7.11. The SMILES string of the molecule is Cc1cnc(Cn2c(C)cc3c2CCCC3=O)s1. The van der Waals surface area contributed by atoms with E-state index in [1.54, 1.807) is 11.3 Å². The number of nitrogens with zero attached hydrogens (tertiary/aromatic N) is 2. The Kier molecular flexibility index (Phi) is 2.82. The number of ketones is 1. The van der Waals surface area contributed by atoms with Crippen molar-refractivity contribution >= 4 is 17.1 Å². The van der Waals surface area contributed by atoms with E-state index in [2.05, 4.69) is 23.4 Å². The molecule has 2 heterocycles. The summed E-state index contributed by atoms with van der Waals surface area (Å²) in [4.78, 5) is 17.5. The maximum Gasteiger partial charge on any atom is 0.164 e. The highest BCUT2D eigenvalue weighted by Crippen LogP contribution is 2.26.